The molecule has 122 valence electrons. The Bertz CT molecular complexity index is 1430. The van der Waals surface area contributed by atoms with Gasteiger partial charge < -0.3 is 4.40 Å². The van der Waals surface area contributed by atoms with Gasteiger partial charge in [0, 0.05) is 26.0 Å². The summed E-state index contributed by atoms with van der Waals surface area (Å²) >= 11 is 3.72. The molecule has 0 spiro atoms. The first-order valence-corrected chi connectivity index (χ1v) is 9.53. The van der Waals surface area contributed by atoms with Crippen molar-refractivity contribution in [2.45, 2.75) is 0 Å². The van der Waals surface area contributed by atoms with Crippen molar-refractivity contribution in [3.63, 3.8) is 0 Å². The SMILES string of the molecule is Brc1cc2c3ccccc3n3c4ccc(-c5ccccc5)cc4c(c1)c23. The van der Waals surface area contributed by atoms with Gasteiger partial charge >= 0.3 is 0 Å². The molecule has 0 unspecified atom stereocenters. The standard InChI is InChI=1S/C24H14BrN/c25-17-13-20-18-8-4-5-9-22(18)26-23-11-10-16(15-6-2-1-3-7-15)12-19(23)21(14-17)24(20)26/h1-14H. The van der Waals surface area contributed by atoms with Gasteiger partial charge in [-0.25, -0.2) is 0 Å². The molecule has 0 atom stereocenters. The predicted octanol–water partition coefficient (Wildman–Crippen LogP) is 7.27. The molecule has 0 fully saturated rings. The molecular formula is C24H14BrN. The second-order valence-corrected chi connectivity index (χ2v) is 7.72. The summed E-state index contributed by atoms with van der Waals surface area (Å²) in [7, 11) is 0. The number of fused-ring (bicyclic) bond motifs is 6. The molecule has 6 rings (SSSR count). The van der Waals surface area contributed by atoms with Gasteiger partial charge in [-0.15, -0.1) is 0 Å². The van der Waals surface area contributed by atoms with Gasteiger partial charge in [0.25, 0.3) is 0 Å². The summed E-state index contributed by atoms with van der Waals surface area (Å²) < 4.78 is 3.54. The lowest BCUT2D eigenvalue weighted by atomic mass is 10.0. The van der Waals surface area contributed by atoms with Crippen LogP contribution in [0.25, 0.3) is 49.2 Å². The van der Waals surface area contributed by atoms with Gasteiger partial charge in [-0.1, -0.05) is 70.5 Å². The van der Waals surface area contributed by atoms with E-state index in [1.807, 2.05) is 0 Å². The van der Waals surface area contributed by atoms with Gasteiger partial charge in [-0.2, -0.15) is 0 Å². The first-order chi connectivity index (χ1) is 12.8. The minimum absolute atomic E-state index is 1.13. The van der Waals surface area contributed by atoms with Crippen molar-refractivity contribution in [1.29, 1.82) is 0 Å². The molecule has 0 radical (unpaired) electrons. The van der Waals surface area contributed by atoms with E-state index in [2.05, 4.69) is 105 Å². The third-order valence-corrected chi connectivity index (χ3v) is 5.83. The van der Waals surface area contributed by atoms with Crippen LogP contribution >= 0.6 is 15.9 Å². The fourth-order valence-corrected chi connectivity index (χ4v) is 4.73. The van der Waals surface area contributed by atoms with E-state index in [-0.39, 0.29) is 0 Å². The molecule has 0 aliphatic heterocycles. The minimum atomic E-state index is 1.13. The summed E-state index contributed by atoms with van der Waals surface area (Å²) in [5, 5.41) is 5.22. The van der Waals surface area contributed by atoms with E-state index in [1.54, 1.807) is 0 Å². The fraction of sp³-hybridized carbons (Fsp3) is 0. The highest BCUT2D eigenvalue weighted by Gasteiger charge is 2.18. The molecule has 0 saturated carbocycles. The van der Waals surface area contributed by atoms with Crippen molar-refractivity contribution in [3.05, 3.63) is 89.4 Å². The maximum atomic E-state index is 3.72. The molecule has 0 saturated heterocycles. The van der Waals surface area contributed by atoms with Gasteiger partial charge in [-0.05, 0) is 41.5 Å². The van der Waals surface area contributed by atoms with Crippen molar-refractivity contribution >= 4 is 54.0 Å². The summed E-state index contributed by atoms with van der Waals surface area (Å²) in [4.78, 5) is 0. The molecule has 2 heteroatoms. The molecule has 0 aliphatic carbocycles. The van der Waals surface area contributed by atoms with Crippen LogP contribution in [0.1, 0.15) is 0 Å². The van der Waals surface area contributed by atoms with Crippen LogP contribution in [0.15, 0.2) is 89.4 Å². The second kappa shape index (κ2) is 5.09. The quantitative estimate of drug-likeness (QED) is 0.275. The zero-order valence-electron chi connectivity index (χ0n) is 13.9. The molecule has 0 N–H and O–H groups in total. The number of nitrogens with zero attached hydrogens (tertiary/aromatic N) is 1. The fourth-order valence-electron chi connectivity index (χ4n) is 4.27. The molecule has 6 aromatic rings. The first kappa shape index (κ1) is 14.3. The summed E-state index contributed by atoms with van der Waals surface area (Å²) in [5.74, 6) is 0. The number of hydrogen-bond acceptors (Lipinski definition) is 0. The van der Waals surface area contributed by atoms with Crippen molar-refractivity contribution in [1.82, 2.24) is 4.40 Å². The van der Waals surface area contributed by atoms with Gasteiger partial charge in [-0.3, -0.25) is 0 Å². The third-order valence-electron chi connectivity index (χ3n) is 5.37. The van der Waals surface area contributed by atoms with E-state index in [9.17, 15) is 0 Å². The van der Waals surface area contributed by atoms with Crippen molar-refractivity contribution in [2.75, 3.05) is 0 Å². The van der Waals surface area contributed by atoms with Crippen LogP contribution in [-0.2, 0) is 0 Å². The Hall–Kier alpha value is -2.84. The van der Waals surface area contributed by atoms with E-state index >= 15 is 0 Å². The van der Waals surface area contributed by atoms with E-state index in [0.717, 1.165) is 4.47 Å². The van der Waals surface area contributed by atoms with E-state index in [0.29, 0.717) is 0 Å². The Labute approximate surface area is 158 Å². The number of para-hydroxylation sites is 1. The van der Waals surface area contributed by atoms with Gasteiger partial charge in [0.1, 0.15) is 0 Å². The molecule has 1 nitrogen and oxygen atoms in total. The maximum absolute atomic E-state index is 3.72. The Morgan fingerprint density at radius 2 is 1.23 bits per heavy atom. The zero-order valence-corrected chi connectivity index (χ0v) is 15.5. The van der Waals surface area contributed by atoms with Crippen molar-refractivity contribution in [2.24, 2.45) is 0 Å². The van der Waals surface area contributed by atoms with Crippen LogP contribution in [0.5, 0.6) is 0 Å². The third kappa shape index (κ3) is 1.80. The highest BCUT2D eigenvalue weighted by molar-refractivity contribution is 9.10. The number of hydrogen-bond donors (Lipinski definition) is 0. The van der Waals surface area contributed by atoms with E-state index < -0.39 is 0 Å². The van der Waals surface area contributed by atoms with Crippen molar-refractivity contribution in [3.8, 4) is 11.1 Å². The molecule has 4 aromatic carbocycles. The number of aromatic nitrogens is 1. The van der Waals surface area contributed by atoms with Crippen molar-refractivity contribution < 1.29 is 0 Å². The zero-order chi connectivity index (χ0) is 17.3. The number of rotatable bonds is 1. The summed E-state index contributed by atoms with van der Waals surface area (Å²) in [5.41, 5.74) is 6.36. The highest BCUT2D eigenvalue weighted by Crippen LogP contribution is 2.41. The van der Waals surface area contributed by atoms with E-state index in [1.165, 1.54) is 49.2 Å². The monoisotopic (exact) mass is 395 g/mol. The van der Waals surface area contributed by atoms with Gasteiger partial charge in [0.2, 0.25) is 0 Å². The Morgan fingerprint density at radius 1 is 0.538 bits per heavy atom. The maximum Gasteiger partial charge on any atom is 0.0621 e. The molecule has 0 amide bonds. The lowest BCUT2D eigenvalue weighted by Crippen LogP contribution is -1.81. The Kier molecular flexibility index (Phi) is 2.81. The smallest absolute Gasteiger partial charge is 0.0621 e. The summed E-state index contributed by atoms with van der Waals surface area (Å²) in [6, 6.07) is 30.6. The molecule has 2 heterocycles. The Balaban J connectivity index is 1.84. The van der Waals surface area contributed by atoms with Crippen LogP contribution in [0.2, 0.25) is 0 Å². The predicted molar refractivity (Wildman–Crippen MR) is 114 cm³/mol. The van der Waals surface area contributed by atoms with Gasteiger partial charge in [0.15, 0.2) is 0 Å². The minimum Gasteiger partial charge on any atom is -0.308 e. The topological polar surface area (TPSA) is 4.41 Å². The van der Waals surface area contributed by atoms with Crippen LogP contribution in [0.3, 0.4) is 0 Å². The largest absolute Gasteiger partial charge is 0.308 e. The average molecular weight is 396 g/mol. The first-order valence-electron chi connectivity index (χ1n) is 8.74. The molecule has 2 aromatic heterocycles. The highest BCUT2D eigenvalue weighted by atomic mass is 79.9. The van der Waals surface area contributed by atoms with Crippen LogP contribution in [-0.4, -0.2) is 4.40 Å². The lowest BCUT2D eigenvalue weighted by molar-refractivity contribution is 1.37. The Morgan fingerprint density at radius 3 is 2.08 bits per heavy atom. The van der Waals surface area contributed by atoms with E-state index in [4.69, 9.17) is 0 Å². The number of halogens is 1. The molecule has 0 aliphatic rings. The number of benzene rings is 4. The average Bonchev–Trinajstić information content (AvgIpc) is 3.19. The summed E-state index contributed by atoms with van der Waals surface area (Å²) in [6.45, 7) is 0. The summed E-state index contributed by atoms with van der Waals surface area (Å²) in [6.07, 6.45) is 0. The van der Waals surface area contributed by atoms with Crippen LogP contribution in [0, 0.1) is 0 Å². The van der Waals surface area contributed by atoms with Crippen LogP contribution in [0.4, 0.5) is 0 Å². The second-order valence-electron chi connectivity index (χ2n) is 6.80. The normalized spacial score (nSPS) is 12.0. The molecule has 0 bridgehead atoms. The van der Waals surface area contributed by atoms with Crippen LogP contribution < -0.4 is 0 Å². The molecular weight excluding hydrogens is 382 g/mol. The lowest BCUT2D eigenvalue weighted by Gasteiger charge is -2.03. The van der Waals surface area contributed by atoms with Gasteiger partial charge in [0.05, 0.1) is 16.6 Å². The molecule has 26 heavy (non-hydrogen) atoms.